The number of likely N-dealkylation sites (tertiary alicyclic amines) is 1. The molecule has 0 saturated carbocycles. The van der Waals surface area contributed by atoms with E-state index in [-0.39, 0.29) is 24.5 Å². The lowest BCUT2D eigenvalue weighted by molar-refractivity contribution is -0.122. The molecule has 4 N–H and O–H groups in total. The first kappa shape index (κ1) is 16.9. The van der Waals surface area contributed by atoms with Crippen LogP contribution in [0.5, 0.6) is 0 Å². The van der Waals surface area contributed by atoms with Gasteiger partial charge in [-0.25, -0.2) is 4.79 Å². The zero-order chi connectivity index (χ0) is 15.0. The first-order valence-electron chi connectivity index (χ1n) is 7.62. The van der Waals surface area contributed by atoms with E-state index < -0.39 is 6.03 Å². The number of amides is 3. The molecule has 0 aliphatic carbocycles. The van der Waals surface area contributed by atoms with Crippen LogP contribution in [0.1, 0.15) is 46.0 Å². The molecule has 3 amide bonds. The Bertz CT molecular complexity index is 320. The Balaban J connectivity index is 2.34. The van der Waals surface area contributed by atoms with Crippen molar-refractivity contribution in [1.29, 1.82) is 0 Å². The van der Waals surface area contributed by atoms with E-state index in [0.717, 1.165) is 38.6 Å². The quantitative estimate of drug-likeness (QED) is 0.630. The number of urea groups is 1. The lowest BCUT2D eigenvalue weighted by Crippen LogP contribution is -2.53. The van der Waals surface area contributed by atoms with Gasteiger partial charge in [0.05, 0.1) is 6.54 Å². The van der Waals surface area contributed by atoms with Crippen LogP contribution in [0.15, 0.2) is 0 Å². The molecule has 2 unspecified atom stereocenters. The summed E-state index contributed by atoms with van der Waals surface area (Å²) in [7, 11) is 0. The summed E-state index contributed by atoms with van der Waals surface area (Å²) in [5.74, 6) is -0.258. The van der Waals surface area contributed by atoms with Crippen molar-refractivity contribution in [1.82, 2.24) is 15.5 Å². The fourth-order valence-corrected chi connectivity index (χ4v) is 2.58. The fourth-order valence-electron chi connectivity index (χ4n) is 2.58. The summed E-state index contributed by atoms with van der Waals surface area (Å²) in [6, 6.07) is -0.128. The molecule has 1 fully saturated rings. The highest BCUT2D eigenvalue weighted by Crippen LogP contribution is 2.18. The summed E-state index contributed by atoms with van der Waals surface area (Å²) < 4.78 is 0. The molecule has 0 aromatic heterocycles. The number of nitrogens with zero attached hydrogens (tertiary/aromatic N) is 1. The third kappa shape index (κ3) is 5.88. The van der Waals surface area contributed by atoms with E-state index in [2.05, 4.69) is 22.5 Å². The second-order valence-electron chi connectivity index (χ2n) is 5.55. The number of hydrogen-bond acceptors (Lipinski definition) is 4. The van der Waals surface area contributed by atoms with Crippen molar-refractivity contribution >= 4 is 11.9 Å². The summed E-state index contributed by atoms with van der Waals surface area (Å²) in [6.07, 6.45) is 5.19. The van der Waals surface area contributed by atoms with Gasteiger partial charge in [-0.15, -0.1) is 0 Å². The van der Waals surface area contributed by atoms with E-state index >= 15 is 0 Å². The molecule has 2 atom stereocenters. The van der Waals surface area contributed by atoms with Crippen LogP contribution in [0, 0.1) is 0 Å². The van der Waals surface area contributed by atoms with Crippen LogP contribution in [0.3, 0.4) is 0 Å². The molecule has 1 saturated heterocycles. The monoisotopic (exact) mass is 284 g/mol. The van der Waals surface area contributed by atoms with Gasteiger partial charge in [-0.3, -0.25) is 15.0 Å². The molecular weight excluding hydrogens is 256 g/mol. The van der Waals surface area contributed by atoms with Gasteiger partial charge in [0.25, 0.3) is 0 Å². The second kappa shape index (κ2) is 8.92. The molecule has 0 spiro atoms. The summed E-state index contributed by atoms with van der Waals surface area (Å²) in [4.78, 5) is 25.5. The van der Waals surface area contributed by atoms with E-state index in [0.29, 0.717) is 6.54 Å². The van der Waals surface area contributed by atoms with E-state index in [9.17, 15) is 9.59 Å². The number of nitrogens with two attached hydrogens (primary N) is 1. The molecule has 1 aliphatic heterocycles. The standard InChI is InChI=1S/C14H28N4O2/c1-3-4-8-16-14(20)17-13(19)10-18-9-6-5-7-12(18)11(2)15/h11-12H,3-10,15H2,1-2H3,(H2,16,17,19,20). The van der Waals surface area contributed by atoms with E-state index in [4.69, 9.17) is 5.73 Å². The van der Waals surface area contributed by atoms with Crippen molar-refractivity contribution in [3.63, 3.8) is 0 Å². The van der Waals surface area contributed by atoms with Crippen LogP contribution in [0.25, 0.3) is 0 Å². The number of carbonyl (C=O) groups is 2. The van der Waals surface area contributed by atoms with E-state index in [1.807, 2.05) is 6.92 Å². The molecule has 6 heteroatoms. The smallest absolute Gasteiger partial charge is 0.321 e. The van der Waals surface area contributed by atoms with E-state index in [1.165, 1.54) is 0 Å². The lowest BCUT2D eigenvalue weighted by Gasteiger charge is -2.37. The molecule has 0 radical (unpaired) electrons. The molecule has 0 bridgehead atoms. The Morgan fingerprint density at radius 2 is 2.15 bits per heavy atom. The van der Waals surface area contributed by atoms with Gasteiger partial charge >= 0.3 is 6.03 Å². The van der Waals surface area contributed by atoms with Crippen molar-refractivity contribution in [2.75, 3.05) is 19.6 Å². The van der Waals surface area contributed by atoms with Gasteiger partial charge in [-0.05, 0) is 32.7 Å². The molecule has 20 heavy (non-hydrogen) atoms. The van der Waals surface area contributed by atoms with Crippen molar-refractivity contribution in [2.24, 2.45) is 5.73 Å². The number of piperidine rings is 1. The van der Waals surface area contributed by atoms with Crippen molar-refractivity contribution in [3.05, 3.63) is 0 Å². The summed E-state index contributed by atoms with van der Waals surface area (Å²) >= 11 is 0. The second-order valence-corrected chi connectivity index (χ2v) is 5.55. The maximum absolute atomic E-state index is 11.9. The predicted octanol–water partition coefficient (Wildman–Crippen LogP) is 0.814. The minimum absolute atomic E-state index is 0.0430. The minimum atomic E-state index is -0.405. The first-order chi connectivity index (χ1) is 9.54. The number of hydrogen-bond donors (Lipinski definition) is 3. The SMILES string of the molecule is CCCCNC(=O)NC(=O)CN1CCCCC1C(C)N. The van der Waals surface area contributed by atoms with Gasteiger partial charge in [-0.1, -0.05) is 19.8 Å². The van der Waals surface area contributed by atoms with Gasteiger partial charge < -0.3 is 11.1 Å². The van der Waals surface area contributed by atoms with E-state index in [1.54, 1.807) is 0 Å². The number of nitrogens with one attached hydrogen (secondary N) is 2. The summed E-state index contributed by atoms with van der Waals surface area (Å²) in [6.45, 7) is 5.74. The first-order valence-corrected chi connectivity index (χ1v) is 7.62. The van der Waals surface area contributed by atoms with Crippen LogP contribution >= 0.6 is 0 Å². The van der Waals surface area contributed by atoms with Crippen LogP contribution in [0.2, 0.25) is 0 Å². The topological polar surface area (TPSA) is 87.5 Å². The zero-order valence-corrected chi connectivity index (χ0v) is 12.7. The Kier molecular flexibility index (Phi) is 7.54. The zero-order valence-electron chi connectivity index (χ0n) is 12.7. The normalized spacial score (nSPS) is 21.2. The average Bonchev–Trinajstić information content (AvgIpc) is 2.39. The highest BCUT2D eigenvalue weighted by Gasteiger charge is 2.27. The van der Waals surface area contributed by atoms with Gasteiger partial charge in [0.15, 0.2) is 0 Å². The predicted molar refractivity (Wildman–Crippen MR) is 79.3 cm³/mol. The van der Waals surface area contributed by atoms with Crippen LogP contribution in [0.4, 0.5) is 4.79 Å². The molecule has 0 aromatic carbocycles. The van der Waals surface area contributed by atoms with Crippen LogP contribution < -0.4 is 16.4 Å². The van der Waals surface area contributed by atoms with Crippen molar-refractivity contribution < 1.29 is 9.59 Å². The third-order valence-electron chi connectivity index (χ3n) is 3.69. The van der Waals surface area contributed by atoms with Crippen LogP contribution in [-0.4, -0.2) is 48.6 Å². The molecule has 1 heterocycles. The summed E-state index contributed by atoms with van der Waals surface area (Å²) in [5, 5.41) is 5.05. The van der Waals surface area contributed by atoms with Gasteiger partial charge in [0.1, 0.15) is 0 Å². The Morgan fingerprint density at radius 3 is 2.80 bits per heavy atom. The number of unbranched alkanes of at least 4 members (excludes halogenated alkanes) is 1. The molecule has 1 aliphatic rings. The molecule has 0 aromatic rings. The highest BCUT2D eigenvalue weighted by molar-refractivity contribution is 5.95. The Morgan fingerprint density at radius 1 is 1.40 bits per heavy atom. The number of carbonyl (C=O) groups excluding carboxylic acids is 2. The van der Waals surface area contributed by atoms with Crippen molar-refractivity contribution in [2.45, 2.75) is 58.0 Å². The van der Waals surface area contributed by atoms with Gasteiger partial charge in [-0.2, -0.15) is 0 Å². The third-order valence-corrected chi connectivity index (χ3v) is 3.69. The largest absolute Gasteiger partial charge is 0.338 e. The maximum atomic E-state index is 11.9. The number of rotatable bonds is 6. The molecular formula is C14H28N4O2. The van der Waals surface area contributed by atoms with Crippen LogP contribution in [-0.2, 0) is 4.79 Å². The lowest BCUT2D eigenvalue weighted by atomic mass is 9.97. The number of imide groups is 1. The molecule has 6 nitrogen and oxygen atoms in total. The minimum Gasteiger partial charge on any atom is -0.338 e. The highest BCUT2D eigenvalue weighted by atomic mass is 16.2. The van der Waals surface area contributed by atoms with Crippen molar-refractivity contribution in [3.8, 4) is 0 Å². The average molecular weight is 284 g/mol. The molecule has 116 valence electrons. The van der Waals surface area contributed by atoms with Gasteiger partial charge in [0, 0.05) is 18.6 Å². The summed E-state index contributed by atoms with van der Waals surface area (Å²) in [5.41, 5.74) is 5.96. The Labute approximate surface area is 121 Å². The molecule has 1 rings (SSSR count). The maximum Gasteiger partial charge on any atom is 0.321 e. The Hall–Kier alpha value is -1.14. The fraction of sp³-hybridized carbons (Fsp3) is 0.857. The van der Waals surface area contributed by atoms with Gasteiger partial charge in [0.2, 0.25) is 5.91 Å².